The Kier molecular flexibility index (Phi) is 5.86. The molecule has 0 unspecified atom stereocenters. The number of anilines is 1. The number of hydrogen-bond acceptors (Lipinski definition) is 5. The third kappa shape index (κ3) is 4.21. The standard InChI is InChI=1S/C20H20N2O3S/c1-3-13-25-15-8-5-4-7-14(15)11-12-18(23)21-20-22-19-16(24-2)9-6-10-17(19)26-20/h4-12H,3,13H2,1-2H3,(H,21,22,23)/b12-11+. The van der Waals surface area contributed by atoms with E-state index in [-0.39, 0.29) is 5.91 Å². The second-order valence-corrected chi connectivity index (χ2v) is 6.57. The Morgan fingerprint density at radius 3 is 2.81 bits per heavy atom. The van der Waals surface area contributed by atoms with Gasteiger partial charge in [-0.2, -0.15) is 0 Å². The number of fused-ring (bicyclic) bond motifs is 1. The van der Waals surface area contributed by atoms with Gasteiger partial charge in [0.2, 0.25) is 5.91 Å². The van der Waals surface area contributed by atoms with Gasteiger partial charge < -0.3 is 9.47 Å². The molecule has 0 aliphatic rings. The quantitative estimate of drug-likeness (QED) is 0.612. The van der Waals surface area contributed by atoms with Crippen LogP contribution in [-0.4, -0.2) is 24.6 Å². The van der Waals surface area contributed by atoms with Crippen LogP contribution in [0.5, 0.6) is 11.5 Å². The lowest BCUT2D eigenvalue weighted by Gasteiger charge is -2.07. The highest BCUT2D eigenvalue weighted by Gasteiger charge is 2.10. The fraction of sp³-hybridized carbons (Fsp3) is 0.200. The van der Waals surface area contributed by atoms with E-state index in [2.05, 4.69) is 17.2 Å². The van der Waals surface area contributed by atoms with Crippen molar-refractivity contribution in [2.45, 2.75) is 13.3 Å². The van der Waals surface area contributed by atoms with Crippen molar-refractivity contribution in [3.8, 4) is 11.5 Å². The summed E-state index contributed by atoms with van der Waals surface area (Å²) in [5.41, 5.74) is 1.61. The van der Waals surface area contributed by atoms with Gasteiger partial charge >= 0.3 is 0 Å². The molecule has 0 radical (unpaired) electrons. The van der Waals surface area contributed by atoms with Gasteiger partial charge in [0.1, 0.15) is 17.0 Å². The maximum Gasteiger partial charge on any atom is 0.250 e. The van der Waals surface area contributed by atoms with E-state index >= 15 is 0 Å². The number of aromatic nitrogens is 1. The zero-order chi connectivity index (χ0) is 18.4. The monoisotopic (exact) mass is 368 g/mol. The average molecular weight is 368 g/mol. The highest BCUT2D eigenvalue weighted by atomic mass is 32.1. The molecule has 134 valence electrons. The molecule has 1 aromatic heterocycles. The molecule has 0 fully saturated rings. The first-order chi connectivity index (χ1) is 12.7. The topological polar surface area (TPSA) is 60.5 Å². The van der Waals surface area contributed by atoms with E-state index in [1.807, 2.05) is 42.5 Å². The summed E-state index contributed by atoms with van der Waals surface area (Å²) in [5, 5.41) is 3.34. The molecule has 0 aliphatic carbocycles. The van der Waals surface area contributed by atoms with E-state index in [0.717, 1.165) is 28.0 Å². The van der Waals surface area contributed by atoms with Gasteiger partial charge in [0.15, 0.2) is 5.13 Å². The van der Waals surface area contributed by atoms with Gasteiger partial charge in [-0.25, -0.2) is 4.98 Å². The van der Waals surface area contributed by atoms with Crippen molar-refractivity contribution < 1.29 is 14.3 Å². The molecular formula is C20H20N2O3S. The van der Waals surface area contributed by atoms with Crippen LogP contribution in [0, 0.1) is 0 Å². The number of carbonyl (C=O) groups excluding carboxylic acids is 1. The van der Waals surface area contributed by atoms with Gasteiger partial charge in [-0.15, -0.1) is 0 Å². The molecule has 1 N–H and O–H groups in total. The number of hydrogen-bond donors (Lipinski definition) is 1. The zero-order valence-corrected chi connectivity index (χ0v) is 15.5. The van der Waals surface area contributed by atoms with E-state index in [1.165, 1.54) is 17.4 Å². The Balaban J connectivity index is 1.72. The van der Waals surface area contributed by atoms with Gasteiger partial charge in [-0.1, -0.05) is 42.5 Å². The van der Waals surface area contributed by atoms with Crippen LogP contribution >= 0.6 is 11.3 Å². The molecule has 6 heteroatoms. The van der Waals surface area contributed by atoms with Crippen LogP contribution in [0.15, 0.2) is 48.5 Å². The van der Waals surface area contributed by atoms with Crippen molar-refractivity contribution in [2.24, 2.45) is 0 Å². The van der Waals surface area contributed by atoms with E-state index in [1.54, 1.807) is 13.2 Å². The fourth-order valence-electron chi connectivity index (χ4n) is 2.42. The van der Waals surface area contributed by atoms with Crippen molar-refractivity contribution in [1.29, 1.82) is 0 Å². The Morgan fingerprint density at radius 1 is 1.19 bits per heavy atom. The maximum atomic E-state index is 12.2. The second-order valence-electron chi connectivity index (χ2n) is 5.53. The number of carbonyl (C=O) groups is 1. The summed E-state index contributed by atoms with van der Waals surface area (Å²) < 4.78 is 12.0. The number of nitrogens with one attached hydrogen (secondary N) is 1. The highest BCUT2D eigenvalue weighted by molar-refractivity contribution is 7.22. The van der Waals surface area contributed by atoms with Gasteiger partial charge in [0.05, 0.1) is 18.4 Å². The molecule has 1 amide bonds. The molecule has 0 bridgehead atoms. The van der Waals surface area contributed by atoms with Crippen LogP contribution in [0.1, 0.15) is 18.9 Å². The summed E-state index contributed by atoms with van der Waals surface area (Å²) >= 11 is 1.41. The summed E-state index contributed by atoms with van der Waals surface area (Å²) in [4.78, 5) is 16.7. The lowest BCUT2D eigenvalue weighted by atomic mass is 10.2. The number of nitrogens with zero attached hydrogens (tertiary/aromatic N) is 1. The number of thiazole rings is 1. The Labute approximate surface area is 156 Å². The number of benzene rings is 2. The maximum absolute atomic E-state index is 12.2. The first kappa shape index (κ1) is 17.9. The van der Waals surface area contributed by atoms with E-state index in [9.17, 15) is 4.79 Å². The zero-order valence-electron chi connectivity index (χ0n) is 14.7. The molecular weight excluding hydrogens is 348 g/mol. The summed E-state index contributed by atoms with van der Waals surface area (Å²) in [5.74, 6) is 1.22. The lowest BCUT2D eigenvalue weighted by Crippen LogP contribution is -2.07. The molecule has 0 saturated heterocycles. The molecule has 3 aromatic rings. The van der Waals surface area contributed by atoms with Crippen molar-refractivity contribution in [3.05, 3.63) is 54.1 Å². The van der Waals surface area contributed by atoms with Crippen LogP contribution in [-0.2, 0) is 4.79 Å². The second kappa shape index (κ2) is 8.49. The smallest absolute Gasteiger partial charge is 0.250 e. The van der Waals surface area contributed by atoms with Crippen LogP contribution in [0.25, 0.3) is 16.3 Å². The summed E-state index contributed by atoms with van der Waals surface area (Å²) in [7, 11) is 1.60. The summed E-state index contributed by atoms with van der Waals surface area (Å²) in [6, 6.07) is 13.3. The van der Waals surface area contributed by atoms with E-state index in [4.69, 9.17) is 9.47 Å². The number of amides is 1. The van der Waals surface area contributed by atoms with Crippen LogP contribution in [0.4, 0.5) is 5.13 Å². The Morgan fingerprint density at radius 2 is 2.00 bits per heavy atom. The number of ether oxygens (including phenoxy) is 2. The molecule has 0 atom stereocenters. The molecule has 0 saturated carbocycles. The molecule has 2 aromatic carbocycles. The van der Waals surface area contributed by atoms with Crippen molar-refractivity contribution in [2.75, 3.05) is 19.0 Å². The Bertz CT molecular complexity index is 934. The predicted octanol–water partition coefficient (Wildman–Crippen LogP) is 4.75. The molecule has 26 heavy (non-hydrogen) atoms. The predicted molar refractivity (Wildman–Crippen MR) is 106 cm³/mol. The third-order valence-corrected chi connectivity index (χ3v) is 4.56. The molecule has 0 spiro atoms. The number of methoxy groups -OCH3 is 1. The minimum absolute atomic E-state index is 0.242. The minimum atomic E-state index is -0.242. The highest BCUT2D eigenvalue weighted by Crippen LogP contribution is 2.32. The number of para-hydroxylation sites is 2. The van der Waals surface area contributed by atoms with Gasteiger partial charge in [0.25, 0.3) is 0 Å². The lowest BCUT2D eigenvalue weighted by molar-refractivity contribution is -0.111. The normalized spacial score (nSPS) is 11.0. The summed E-state index contributed by atoms with van der Waals surface area (Å²) in [6.45, 7) is 2.70. The number of rotatable bonds is 7. The Hall–Kier alpha value is -2.86. The van der Waals surface area contributed by atoms with Crippen LogP contribution in [0.2, 0.25) is 0 Å². The third-order valence-electron chi connectivity index (χ3n) is 3.63. The summed E-state index contributed by atoms with van der Waals surface area (Å²) in [6.07, 6.45) is 4.16. The first-order valence-corrected chi connectivity index (χ1v) is 9.17. The fourth-order valence-corrected chi connectivity index (χ4v) is 3.30. The van der Waals surface area contributed by atoms with Gasteiger partial charge in [0, 0.05) is 11.6 Å². The molecule has 0 aliphatic heterocycles. The van der Waals surface area contributed by atoms with Crippen molar-refractivity contribution in [3.63, 3.8) is 0 Å². The van der Waals surface area contributed by atoms with E-state index in [0.29, 0.717) is 17.5 Å². The van der Waals surface area contributed by atoms with Crippen molar-refractivity contribution >= 4 is 38.7 Å². The SMILES string of the molecule is CCCOc1ccccc1/C=C/C(=O)Nc1nc2c(OC)cccc2s1. The average Bonchev–Trinajstić information content (AvgIpc) is 3.07. The first-order valence-electron chi connectivity index (χ1n) is 8.35. The van der Waals surface area contributed by atoms with Crippen LogP contribution in [0.3, 0.4) is 0 Å². The molecule has 1 heterocycles. The van der Waals surface area contributed by atoms with E-state index < -0.39 is 0 Å². The van der Waals surface area contributed by atoms with Gasteiger partial charge in [-0.3, -0.25) is 10.1 Å². The van der Waals surface area contributed by atoms with Crippen molar-refractivity contribution in [1.82, 2.24) is 4.98 Å². The minimum Gasteiger partial charge on any atom is -0.494 e. The van der Waals surface area contributed by atoms with Gasteiger partial charge in [-0.05, 0) is 30.7 Å². The molecule has 3 rings (SSSR count). The largest absolute Gasteiger partial charge is 0.494 e. The molecule has 5 nitrogen and oxygen atoms in total. The van der Waals surface area contributed by atoms with Crippen LogP contribution < -0.4 is 14.8 Å².